The van der Waals surface area contributed by atoms with Gasteiger partial charge in [-0.3, -0.25) is 0 Å². The van der Waals surface area contributed by atoms with Crippen molar-refractivity contribution in [3.63, 3.8) is 0 Å². The third-order valence-electron chi connectivity index (χ3n) is 9.26. The zero-order valence-electron chi connectivity index (χ0n) is 26.3. The fourth-order valence-corrected chi connectivity index (χ4v) is 6.87. The molecule has 9 aromatic rings. The Balaban J connectivity index is 1.06. The number of hydrogen-bond acceptors (Lipinski definition) is 2. The second kappa shape index (κ2) is 11.8. The summed E-state index contributed by atoms with van der Waals surface area (Å²) >= 11 is 0. The maximum atomic E-state index is 6.13. The van der Waals surface area contributed by atoms with Crippen LogP contribution in [0, 0.1) is 0 Å². The molecule has 0 spiro atoms. The van der Waals surface area contributed by atoms with Gasteiger partial charge in [0.15, 0.2) is 0 Å². The van der Waals surface area contributed by atoms with Gasteiger partial charge >= 0.3 is 0 Å². The highest BCUT2D eigenvalue weighted by atomic mass is 16.3. The van der Waals surface area contributed by atoms with Crippen LogP contribution in [0.1, 0.15) is 0 Å². The van der Waals surface area contributed by atoms with Crippen molar-refractivity contribution in [3.8, 4) is 33.4 Å². The Kier molecular flexibility index (Phi) is 6.84. The minimum atomic E-state index is 0.925. The Labute approximate surface area is 279 Å². The summed E-state index contributed by atoms with van der Waals surface area (Å²) in [5.74, 6) is 0. The Morgan fingerprint density at radius 1 is 0.312 bits per heavy atom. The summed E-state index contributed by atoms with van der Waals surface area (Å²) in [7, 11) is 0. The van der Waals surface area contributed by atoms with Crippen molar-refractivity contribution in [1.82, 2.24) is 0 Å². The van der Waals surface area contributed by atoms with Crippen LogP contribution in [0.3, 0.4) is 0 Å². The molecule has 0 aliphatic carbocycles. The molecule has 1 aromatic heterocycles. The summed E-state index contributed by atoms with van der Waals surface area (Å²) in [5, 5.41) is 4.75. The number of hydrogen-bond donors (Lipinski definition) is 0. The molecule has 2 heteroatoms. The number of para-hydroxylation sites is 2. The molecule has 0 fully saturated rings. The summed E-state index contributed by atoms with van der Waals surface area (Å²) in [5.41, 5.74) is 12.4. The van der Waals surface area contributed by atoms with E-state index in [2.05, 4.69) is 181 Å². The first-order valence-electron chi connectivity index (χ1n) is 16.3. The standard InChI is InChI=1S/C46H31NO/c1-3-10-32(11-4-1)33-18-20-34(21-19-33)36-12-9-15-41(31-36)47(39-13-5-2-6-14-39)40-26-22-35(23-27-40)37-24-28-42-38(30-37)25-29-45-46(42)43-16-7-8-17-44(43)48-45/h1-31H. The lowest BCUT2D eigenvalue weighted by Gasteiger charge is -2.26. The van der Waals surface area contributed by atoms with Crippen LogP contribution < -0.4 is 4.90 Å². The summed E-state index contributed by atoms with van der Waals surface area (Å²) in [6, 6.07) is 66.9. The molecule has 0 aliphatic rings. The van der Waals surface area contributed by atoms with Gasteiger partial charge in [-0.2, -0.15) is 0 Å². The van der Waals surface area contributed by atoms with E-state index < -0.39 is 0 Å². The van der Waals surface area contributed by atoms with E-state index >= 15 is 0 Å². The molecular weight excluding hydrogens is 583 g/mol. The Morgan fingerprint density at radius 3 is 1.62 bits per heavy atom. The fraction of sp³-hybridized carbons (Fsp3) is 0. The monoisotopic (exact) mass is 613 g/mol. The lowest BCUT2D eigenvalue weighted by atomic mass is 9.98. The van der Waals surface area contributed by atoms with Gasteiger partial charge < -0.3 is 9.32 Å². The lowest BCUT2D eigenvalue weighted by Crippen LogP contribution is -2.09. The molecule has 48 heavy (non-hydrogen) atoms. The Hall–Kier alpha value is -6.38. The van der Waals surface area contributed by atoms with Gasteiger partial charge in [0.1, 0.15) is 11.2 Å². The molecule has 0 bridgehead atoms. The van der Waals surface area contributed by atoms with E-state index in [9.17, 15) is 0 Å². The quantitative estimate of drug-likeness (QED) is 0.185. The van der Waals surface area contributed by atoms with E-state index in [1.54, 1.807) is 0 Å². The minimum absolute atomic E-state index is 0.925. The molecule has 8 aromatic carbocycles. The van der Waals surface area contributed by atoms with E-state index in [-0.39, 0.29) is 0 Å². The molecule has 0 N–H and O–H groups in total. The van der Waals surface area contributed by atoms with Crippen LogP contribution in [-0.2, 0) is 0 Å². The summed E-state index contributed by atoms with van der Waals surface area (Å²) in [6.45, 7) is 0. The van der Waals surface area contributed by atoms with Gasteiger partial charge in [-0.05, 0) is 98.8 Å². The molecule has 1 heterocycles. The zero-order valence-corrected chi connectivity index (χ0v) is 26.3. The van der Waals surface area contributed by atoms with Gasteiger partial charge in [0.2, 0.25) is 0 Å². The maximum absolute atomic E-state index is 6.13. The number of nitrogens with zero attached hydrogens (tertiary/aromatic N) is 1. The topological polar surface area (TPSA) is 16.4 Å². The highest BCUT2D eigenvalue weighted by Gasteiger charge is 2.15. The van der Waals surface area contributed by atoms with E-state index in [0.29, 0.717) is 0 Å². The molecule has 0 saturated heterocycles. The number of furan rings is 1. The predicted octanol–water partition coefficient (Wildman–Crippen LogP) is 13.2. The molecule has 0 radical (unpaired) electrons. The van der Waals surface area contributed by atoms with Crippen LogP contribution in [0.5, 0.6) is 0 Å². The van der Waals surface area contributed by atoms with Gasteiger partial charge in [-0.25, -0.2) is 0 Å². The van der Waals surface area contributed by atoms with Crippen molar-refractivity contribution < 1.29 is 4.42 Å². The number of fused-ring (bicyclic) bond motifs is 5. The SMILES string of the molecule is c1ccc(-c2ccc(-c3cccc(N(c4ccccc4)c4ccc(-c5ccc6c(ccc7oc8ccccc8c76)c5)cc4)c3)cc2)cc1. The molecule has 0 atom stereocenters. The normalized spacial score (nSPS) is 11.3. The molecule has 9 rings (SSSR count). The van der Waals surface area contributed by atoms with Gasteiger partial charge in [-0.15, -0.1) is 0 Å². The van der Waals surface area contributed by atoms with Gasteiger partial charge in [-0.1, -0.05) is 133 Å². The van der Waals surface area contributed by atoms with E-state index in [1.165, 1.54) is 49.5 Å². The molecule has 0 unspecified atom stereocenters. The van der Waals surface area contributed by atoms with Crippen LogP contribution in [0.4, 0.5) is 17.1 Å². The summed E-state index contributed by atoms with van der Waals surface area (Å²) in [6.07, 6.45) is 0. The van der Waals surface area contributed by atoms with Crippen LogP contribution in [0.15, 0.2) is 192 Å². The van der Waals surface area contributed by atoms with Crippen molar-refractivity contribution in [2.24, 2.45) is 0 Å². The molecule has 226 valence electrons. The average Bonchev–Trinajstić information content (AvgIpc) is 3.55. The van der Waals surface area contributed by atoms with Crippen LogP contribution in [-0.4, -0.2) is 0 Å². The van der Waals surface area contributed by atoms with Crippen molar-refractivity contribution in [2.75, 3.05) is 4.90 Å². The number of anilines is 3. The fourth-order valence-electron chi connectivity index (χ4n) is 6.87. The van der Waals surface area contributed by atoms with E-state index in [1.807, 2.05) is 12.1 Å². The van der Waals surface area contributed by atoms with Gasteiger partial charge in [0, 0.05) is 27.8 Å². The third-order valence-corrected chi connectivity index (χ3v) is 9.26. The molecule has 2 nitrogen and oxygen atoms in total. The van der Waals surface area contributed by atoms with E-state index in [0.717, 1.165) is 33.6 Å². The maximum Gasteiger partial charge on any atom is 0.136 e. The van der Waals surface area contributed by atoms with Crippen LogP contribution in [0.2, 0.25) is 0 Å². The molecule has 0 saturated carbocycles. The second-order valence-electron chi connectivity index (χ2n) is 12.2. The molecular formula is C46H31NO. The highest BCUT2D eigenvalue weighted by molar-refractivity contribution is 6.19. The predicted molar refractivity (Wildman–Crippen MR) is 202 cm³/mol. The zero-order chi connectivity index (χ0) is 31.9. The Morgan fingerprint density at radius 2 is 0.854 bits per heavy atom. The van der Waals surface area contributed by atoms with Crippen molar-refractivity contribution in [3.05, 3.63) is 188 Å². The van der Waals surface area contributed by atoms with E-state index in [4.69, 9.17) is 4.42 Å². The lowest BCUT2D eigenvalue weighted by molar-refractivity contribution is 0.669. The third kappa shape index (κ3) is 5.01. The van der Waals surface area contributed by atoms with Gasteiger partial charge in [0.05, 0.1) is 0 Å². The average molecular weight is 614 g/mol. The van der Waals surface area contributed by atoms with Crippen LogP contribution >= 0.6 is 0 Å². The summed E-state index contributed by atoms with van der Waals surface area (Å²) < 4.78 is 6.13. The van der Waals surface area contributed by atoms with Crippen molar-refractivity contribution in [2.45, 2.75) is 0 Å². The van der Waals surface area contributed by atoms with Crippen molar-refractivity contribution >= 4 is 49.8 Å². The first-order valence-corrected chi connectivity index (χ1v) is 16.3. The Bertz CT molecular complexity index is 2530. The summed E-state index contributed by atoms with van der Waals surface area (Å²) in [4.78, 5) is 2.33. The molecule has 0 amide bonds. The van der Waals surface area contributed by atoms with Crippen LogP contribution in [0.25, 0.3) is 66.1 Å². The first-order chi connectivity index (χ1) is 23.8. The molecule has 0 aliphatic heterocycles. The number of rotatable bonds is 6. The number of benzene rings is 8. The first kappa shape index (κ1) is 27.9. The smallest absolute Gasteiger partial charge is 0.136 e. The highest BCUT2D eigenvalue weighted by Crippen LogP contribution is 2.39. The minimum Gasteiger partial charge on any atom is -0.456 e. The second-order valence-corrected chi connectivity index (χ2v) is 12.2. The van der Waals surface area contributed by atoms with Crippen molar-refractivity contribution in [1.29, 1.82) is 0 Å². The largest absolute Gasteiger partial charge is 0.456 e. The van der Waals surface area contributed by atoms with Gasteiger partial charge in [0.25, 0.3) is 0 Å².